The SMILES string of the molecule is Fc1ccc(F)c(CNCC2CCCc3ccccc32)c1. The van der Waals surface area contributed by atoms with Gasteiger partial charge >= 0.3 is 0 Å². The maximum atomic E-state index is 13.6. The molecule has 110 valence electrons. The maximum absolute atomic E-state index is 13.6. The Labute approximate surface area is 124 Å². The van der Waals surface area contributed by atoms with Crippen LogP contribution >= 0.6 is 0 Å². The van der Waals surface area contributed by atoms with Gasteiger partial charge in [-0.25, -0.2) is 8.78 Å². The van der Waals surface area contributed by atoms with Gasteiger partial charge in [-0.15, -0.1) is 0 Å². The molecule has 0 heterocycles. The molecule has 0 saturated carbocycles. The third-order valence-electron chi connectivity index (χ3n) is 4.21. The van der Waals surface area contributed by atoms with Crippen molar-refractivity contribution in [2.75, 3.05) is 6.54 Å². The van der Waals surface area contributed by atoms with Crippen LogP contribution in [-0.4, -0.2) is 6.54 Å². The standard InChI is InChI=1S/C18H19F2N/c19-16-8-9-18(20)15(10-16)12-21-11-14-6-3-5-13-4-1-2-7-17(13)14/h1-2,4,7-10,14,21H,3,5-6,11-12H2. The zero-order valence-corrected chi connectivity index (χ0v) is 11.9. The van der Waals surface area contributed by atoms with Gasteiger partial charge in [0.25, 0.3) is 0 Å². The van der Waals surface area contributed by atoms with Crippen LogP contribution in [0.3, 0.4) is 0 Å². The Kier molecular flexibility index (Phi) is 4.30. The van der Waals surface area contributed by atoms with Crippen molar-refractivity contribution in [1.82, 2.24) is 5.32 Å². The van der Waals surface area contributed by atoms with Crippen LogP contribution in [0.5, 0.6) is 0 Å². The lowest BCUT2D eigenvalue weighted by atomic mass is 9.83. The summed E-state index contributed by atoms with van der Waals surface area (Å²) in [6.07, 6.45) is 3.48. The van der Waals surface area contributed by atoms with Crippen LogP contribution in [0.1, 0.15) is 35.4 Å². The van der Waals surface area contributed by atoms with Gasteiger partial charge in [-0.2, -0.15) is 0 Å². The van der Waals surface area contributed by atoms with Crippen LogP contribution in [0.2, 0.25) is 0 Å². The Hall–Kier alpha value is -1.74. The molecule has 0 spiro atoms. The minimum atomic E-state index is -0.392. The minimum absolute atomic E-state index is 0.354. The summed E-state index contributed by atoms with van der Waals surface area (Å²) in [5.41, 5.74) is 3.21. The predicted octanol–water partition coefficient (Wildman–Crippen LogP) is 4.17. The fourth-order valence-corrected chi connectivity index (χ4v) is 3.13. The second-order valence-electron chi connectivity index (χ2n) is 5.65. The van der Waals surface area contributed by atoms with E-state index in [0.717, 1.165) is 25.5 Å². The molecule has 21 heavy (non-hydrogen) atoms. The molecule has 1 nitrogen and oxygen atoms in total. The molecule has 1 aliphatic carbocycles. The zero-order chi connectivity index (χ0) is 14.7. The van der Waals surface area contributed by atoms with E-state index in [-0.39, 0.29) is 5.82 Å². The average molecular weight is 287 g/mol. The van der Waals surface area contributed by atoms with E-state index in [1.54, 1.807) is 0 Å². The van der Waals surface area contributed by atoms with Crippen molar-refractivity contribution in [3.05, 3.63) is 70.8 Å². The Morgan fingerprint density at radius 1 is 1.10 bits per heavy atom. The van der Waals surface area contributed by atoms with Crippen molar-refractivity contribution in [3.8, 4) is 0 Å². The molecule has 0 saturated heterocycles. The highest BCUT2D eigenvalue weighted by atomic mass is 19.1. The number of nitrogens with one attached hydrogen (secondary N) is 1. The third kappa shape index (κ3) is 3.30. The van der Waals surface area contributed by atoms with E-state index in [4.69, 9.17) is 0 Å². The van der Waals surface area contributed by atoms with Gasteiger partial charge in [-0.3, -0.25) is 0 Å². The number of halogens is 2. The third-order valence-corrected chi connectivity index (χ3v) is 4.21. The van der Waals surface area contributed by atoms with E-state index in [2.05, 4.69) is 29.6 Å². The minimum Gasteiger partial charge on any atom is -0.312 e. The second kappa shape index (κ2) is 6.35. The van der Waals surface area contributed by atoms with Crippen molar-refractivity contribution in [3.63, 3.8) is 0 Å². The van der Waals surface area contributed by atoms with Gasteiger partial charge in [0.1, 0.15) is 11.6 Å². The normalized spacial score (nSPS) is 17.5. The molecule has 1 aliphatic rings. The number of benzene rings is 2. The Morgan fingerprint density at radius 2 is 1.95 bits per heavy atom. The molecule has 3 rings (SSSR count). The van der Waals surface area contributed by atoms with Crippen LogP contribution in [0.15, 0.2) is 42.5 Å². The first kappa shape index (κ1) is 14.2. The summed E-state index contributed by atoms with van der Waals surface area (Å²) in [4.78, 5) is 0. The summed E-state index contributed by atoms with van der Waals surface area (Å²) in [6.45, 7) is 1.16. The van der Waals surface area contributed by atoms with E-state index >= 15 is 0 Å². The highest BCUT2D eigenvalue weighted by Gasteiger charge is 2.19. The smallest absolute Gasteiger partial charge is 0.127 e. The average Bonchev–Trinajstić information content (AvgIpc) is 2.51. The van der Waals surface area contributed by atoms with Crippen molar-refractivity contribution in [2.24, 2.45) is 0 Å². The summed E-state index contributed by atoms with van der Waals surface area (Å²) >= 11 is 0. The fourth-order valence-electron chi connectivity index (χ4n) is 3.13. The van der Waals surface area contributed by atoms with Gasteiger partial charge in [-0.1, -0.05) is 24.3 Å². The van der Waals surface area contributed by atoms with Gasteiger partial charge in [0, 0.05) is 18.7 Å². The summed E-state index contributed by atoms with van der Waals surface area (Å²) < 4.78 is 26.7. The number of rotatable bonds is 4. The predicted molar refractivity (Wildman–Crippen MR) is 80.2 cm³/mol. The van der Waals surface area contributed by atoms with Crippen molar-refractivity contribution in [2.45, 2.75) is 31.7 Å². The van der Waals surface area contributed by atoms with Gasteiger partial charge < -0.3 is 5.32 Å². The van der Waals surface area contributed by atoms with Gasteiger partial charge in [0.05, 0.1) is 0 Å². The summed E-state index contributed by atoms with van der Waals surface area (Å²) in [6, 6.07) is 12.1. The molecular weight excluding hydrogens is 268 g/mol. The quantitative estimate of drug-likeness (QED) is 0.889. The fraction of sp³-hybridized carbons (Fsp3) is 0.333. The van der Waals surface area contributed by atoms with Crippen LogP contribution in [0.25, 0.3) is 0 Å². The van der Waals surface area contributed by atoms with Crippen LogP contribution in [0.4, 0.5) is 8.78 Å². The largest absolute Gasteiger partial charge is 0.312 e. The molecule has 0 bridgehead atoms. The first-order valence-corrected chi connectivity index (χ1v) is 7.46. The van der Waals surface area contributed by atoms with Gasteiger partial charge in [0.2, 0.25) is 0 Å². The zero-order valence-electron chi connectivity index (χ0n) is 11.9. The molecule has 2 aromatic carbocycles. The second-order valence-corrected chi connectivity index (χ2v) is 5.65. The number of fused-ring (bicyclic) bond motifs is 1. The lowest BCUT2D eigenvalue weighted by Crippen LogP contribution is -2.24. The molecule has 1 atom stereocenters. The van der Waals surface area contributed by atoms with E-state index in [1.165, 1.54) is 29.7 Å². The first-order chi connectivity index (χ1) is 10.2. The van der Waals surface area contributed by atoms with Gasteiger partial charge in [0.15, 0.2) is 0 Å². The molecule has 0 aliphatic heterocycles. The number of aryl methyl sites for hydroxylation is 1. The van der Waals surface area contributed by atoms with Crippen LogP contribution in [-0.2, 0) is 13.0 Å². The molecule has 3 heteroatoms. The van der Waals surface area contributed by atoms with Crippen LogP contribution < -0.4 is 5.32 Å². The van der Waals surface area contributed by atoms with Crippen molar-refractivity contribution in [1.29, 1.82) is 0 Å². The Bertz CT molecular complexity index is 624. The molecule has 1 unspecified atom stereocenters. The Morgan fingerprint density at radius 3 is 2.86 bits per heavy atom. The number of hydrogen-bond acceptors (Lipinski definition) is 1. The van der Waals surface area contributed by atoms with E-state index in [0.29, 0.717) is 18.0 Å². The molecule has 2 aromatic rings. The summed E-state index contributed by atoms with van der Waals surface area (Å²) in [5, 5.41) is 3.27. The van der Waals surface area contributed by atoms with E-state index < -0.39 is 5.82 Å². The molecule has 0 radical (unpaired) electrons. The topological polar surface area (TPSA) is 12.0 Å². The highest BCUT2D eigenvalue weighted by molar-refractivity contribution is 5.32. The molecule has 1 N–H and O–H groups in total. The summed E-state index contributed by atoms with van der Waals surface area (Å²) in [5.74, 6) is -0.282. The Balaban J connectivity index is 1.63. The lowest BCUT2D eigenvalue weighted by Gasteiger charge is -2.25. The van der Waals surface area contributed by atoms with E-state index in [1.807, 2.05) is 0 Å². The van der Waals surface area contributed by atoms with Crippen LogP contribution in [0, 0.1) is 11.6 Å². The molecule has 0 fully saturated rings. The lowest BCUT2D eigenvalue weighted by molar-refractivity contribution is 0.498. The number of hydrogen-bond donors (Lipinski definition) is 1. The van der Waals surface area contributed by atoms with Gasteiger partial charge in [-0.05, 0) is 54.5 Å². The molecule has 0 amide bonds. The van der Waals surface area contributed by atoms with Crippen molar-refractivity contribution >= 4 is 0 Å². The monoisotopic (exact) mass is 287 g/mol. The molecule has 0 aromatic heterocycles. The highest BCUT2D eigenvalue weighted by Crippen LogP contribution is 2.30. The first-order valence-electron chi connectivity index (χ1n) is 7.46. The maximum Gasteiger partial charge on any atom is 0.127 e. The van der Waals surface area contributed by atoms with E-state index in [9.17, 15) is 8.78 Å². The van der Waals surface area contributed by atoms with Crippen molar-refractivity contribution < 1.29 is 8.78 Å². The molecular formula is C18H19F2N. The summed E-state index contributed by atoms with van der Waals surface area (Å²) in [7, 11) is 0.